The highest BCUT2D eigenvalue weighted by Crippen LogP contribution is 2.25. The number of aromatic nitrogens is 2. The molecule has 78 valence electrons. The Morgan fingerprint density at radius 3 is 2.73 bits per heavy atom. The zero-order valence-electron chi connectivity index (χ0n) is 7.62. The summed E-state index contributed by atoms with van der Waals surface area (Å²) < 4.78 is 4.09. The van der Waals surface area contributed by atoms with Gasteiger partial charge in [-0.25, -0.2) is 4.98 Å². The molecule has 1 aromatic carbocycles. The monoisotopic (exact) mass is 392 g/mol. The Morgan fingerprint density at radius 2 is 2.07 bits per heavy atom. The molecular formula is C10H7Br3N2. The first-order chi connectivity index (χ1) is 7.20. The van der Waals surface area contributed by atoms with Gasteiger partial charge in [-0.2, -0.15) is 0 Å². The summed E-state index contributed by atoms with van der Waals surface area (Å²) in [5, 5.41) is 0.769. The lowest BCUT2D eigenvalue weighted by Gasteiger charge is -2.05. The van der Waals surface area contributed by atoms with E-state index in [9.17, 15) is 0 Å². The molecule has 15 heavy (non-hydrogen) atoms. The standard InChI is InChI=1S/C10H7Br3N2/c11-4-8-5-15(6-14-8)10-3-7(12)1-2-9(10)13/h1-3,5-6H,4H2. The van der Waals surface area contributed by atoms with Crippen molar-refractivity contribution < 1.29 is 0 Å². The molecule has 0 radical (unpaired) electrons. The maximum Gasteiger partial charge on any atom is 0.0995 e. The van der Waals surface area contributed by atoms with Crippen molar-refractivity contribution in [3.8, 4) is 5.69 Å². The number of halogens is 3. The second-order valence-electron chi connectivity index (χ2n) is 3.00. The Balaban J connectivity index is 2.48. The average Bonchev–Trinajstić information content (AvgIpc) is 2.70. The van der Waals surface area contributed by atoms with Gasteiger partial charge < -0.3 is 4.57 Å². The fraction of sp³-hybridized carbons (Fsp3) is 0.100. The van der Waals surface area contributed by atoms with Crippen molar-refractivity contribution in [2.45, 2.75) is 5.33 Å². The van der Waals surface area contributed by atoms with E-state index in [1.54, 1.807) is 0 Å². The zero-order valence-corrected chi connectivity index (χ0v) is 12.4. The van der Waals surface area contributed by atoms with Crippen LogP contribution in [0.5, 0.6) is 0 Å². The van der Waals surface area contributed by atoms with Gasteiger partial charge in [-0.05, 0) is 34.1 Å². The summed E-state index contributed by atoms with van der Waals surface area (Å²) >= 11 is 10.4. The molecule has 1 heterocycles. The minimum absolute atomic E-state index is 0.769. The topological polar surface area (TPSA) is 17.8 Å². The fourth-order valence-corrected chi connectivity index (χ4v) is 2.34. The molecule has 5 heteroatoms. The van der Waals surface area contributed by atoms with Gasteiger partial charge in [0.25, 0.3) is 0 Å². The van der Waals surface area contributed by atoms with E-state index >= 15 is 0 Å². The van der Waals surface area contributed by atoms with Gasteiger partial charge in [0.05, 0.1) is 17.7 Å². The van der Waals surface area contributed by atoms with E-state index < -0.39 is 0 Å². The van der Waals surface area contributed by atoms with Crippen LogP contribution in [0.4, 0.5) is 0 Å². The smallest absolute Gasteiger partial charge is 0.0995 e. The maximum absolute atomic E-state index is 4.26. The predicted molar refractivity (Wildman–Crippen MR) is 71.6 cm³/mol. The summed E-state index contributed by atoms with van der Waals surface area (Å²) in [6.07, 6.45) is 3.81. The molecule has 1 aromatic heterocycles. The first-order valence-electron chi connectivity index (χ1n) is 4.25. The third kappa shape index (κ3) is 2.52. The number of imidazole rings is 1. The van der Waals surface area contributed by atoms with Gasteiger partial charge >= 0.3 is 0 Å². The van der Waals surface area contributed by atoms with Gasteiger partial charge in [0.15, 0.2) is 0 Å². The van der Waals surface area contributed by atoms with Crippen molar-refractivity contribution in [3.05, 3.63) is 45.4 Å². The van der Waals surface area contributed by atoms with Crippen LogP contribution in [0.25, 0.3) is 5.69 Å². The summed E-state index contributed by atoms with van der Waals surface area (Å²) in [6, 6.07) is 6.05. The van der Waals surface area contributed by atoms with Crippen molar-refractivity contribution >= 4 is 47.8 Å². The zero-order chi connectivity index (χ0) is 10.8. The maximum atomic E-state index is 4.26. The van der Waals surface area contributed by atoms with Crippen molar-refractivity contribution in [2.24, 2.45) is 0 Å². The molecule has 0 aliphatic rings. The molecule has 0 saturated heterocycles. The molecule has 2 aromatic rings. The number of nitrogens with zero attached hydrogens (tertiary/aromatic N) is 2. The fourth-order valence-electron chi connectivity index (χ4n) is 1.25. The summed E-state index contributed by atoms with van der Waals surface area (Å²) in [4.78, 5) is 4.26. The highest BCUT2D eigenvalue weighted by Gasteiger charge is 2.04. The molecule has 0 atom stereocenters. The molecule has 0 N–H and O–H groups in total. The first-order valence-corrected chi connectivity index (χ1v) is 6.95. The minimum atomic E-state index is 0.769. The molecule has 0 fully saturated rings. The van der Waals surface area contributed by atoms with Crippen LogP contribution in [0.3, 0.4) is 0 Å². The molecule has 0 amide bonds. The SMILES string of the molecule is BrCc1cn(-c2cc(Br)ccc2Br)cn1. The Bertz CT molecular complexity index is 479. The molecule has 2 rings (SSSR count). The molecule has 0 aliphatic heterocycles. The molecule has 0 unspecified atom stereocenters. The van der Waals surface area contributed by atoms with E-state index in [0.717, 1.165) is 25.7 Å². The third-order valence-electron chi connectivity index (χ3n) is 1.96. The Kier molecular flexibility index (Phi) is 3.64. The normalized spacial score (nSPS) is 10.6. The number of hydrogen-bond acceptors (Lipinski definition) is 1. The molecular weight excluding hydrogens is 388 g/mol. The van der Waals surface area contributed by atoms with Crippen LogP contribution >= 0.6 is 47.8 Å². The van der Waals surface area contributed by atoms with Crippen molar-refractivity contribution in [1.82, 2.24) is 9.55 Å². The van der Waals surface area contributed by atoms with E-state index in [1.807, 2.05) is 35.3 Å². The number of benzene rings is 1. The Morgan fingerprint density at radius 1 is 1.27 bits per heavy atom. The summed E-state index contributed by atoms with van der Waals surface area (Å²) in [5.74, 6) is 0. The van der Waals surface area contributed by atoms with Crippen molar-refractivity contribution in [2.75, 3.05) is 0 Å². The lowest BCUT2D eigenvalue weighted by molar-refractivity contribution is 1.05. The van der Waals surface area contributed by atoms with Crippen LogP contribution in [-0.4, -0.2) is 9.55 Å². The van der Waals surface area contributed by atoms with Gasteiger partial charge in [0, 0.05) is 20.5 Å². The Hall–Kier alpha value is -0.130. The minimum Gasteiger partial charge on any atom is -0.305 e. The van der Waals surface area contributed by atoms with Crippen LogP contribution in [0, 0.1) is 0 Å². The molecule has 0 saturated carbocycles. The second kappa shape index (κ2) is 4.80. The van der Waals surface area contributed by atoms with E-state index in [4.69, 9.17) is 0 Å². The molecule has 2 nitrogen and oxygen atoms in total. The van der Waals surface area contributed by atoms with Crippen LogP contribution < -0.4 is 0 Å². The van der Waals surface area contributed by atoms with Gasteiger partial charge in [0.2, 0.25) is 0 Å². The second-order valence-corrected chi connectivity index (χ2v) is 5.33. The molecule has 0 aliphatic carbocycles. The van der Waals surface area contributed by atoms with Gasteiger partial charge in [-0.1, -0.05) is 31.9 Å². The van der Waals surface area contributed by atoms with E-state index in [1.165, 1.54) is 0 Å². The summed E-state index contributed by atoms with van der Waals surface area (Å²) in [5.41, 5.74) is 2.09. The largest absolute Gasteiger partial charge is 0.305 e. The number of rotatable bonds is 2. The first kappa shape index (κ1) is 11.4. The number of alkyl halides is 1. The molecule has 0 bridgehead atoms. The van der Waals surface area contributed by atoms with Crippen LogP contribution in [-0.2, 0) is 5.33 Å². The lowest BCUT2D eigenvalue weighted by atomic mass is 10.3. The Labute approximate surface area is 113 Å². The van der Waals surface area contributed by atoms with E-state index in [-0.39, 0.29) is 0 Å². The van der Waals surface area contributed by atoms with Crippen molar-refractivity contribution in [3.63, 3.8) is 0 Å². The quantitative estimate of drug-likeness (QED) is 0.695. The van der Waals surface area contributed by atoms with Gasteiger partial charge in [-0.3, -0.25) is 0 Å². The molecule has 0 spiro atoms. The highest BCUT2D eigenvalue weighted by atomic mass is 79.9. The van der Waals surface area contributed by atoms with Crippen LogP contribution in [0.1, 0.15) is 5.69 Å². The van der Waals surface area contributed by atoms with Crippen LogP contribution in [0.15, 0.2) is 39.7 Å². The van der Waals surface area contributed by atoms with E-state index in [2.05, 4.69) is 52.8 Å². The highest BCUT2D eigenvalue weighted by molar-refractivity contribution is 9.11. The average molecular weight is 395 g/mol. The van der Waals surface area contributed by atoms with Gasteiger partial charge in [0.1, 0.15) is 0 Å². The summed E-state index contributed by atoms with van der Waals surface area (Å²) in [7, 11) is 0. The van der Waals surface area contributed by atoms with Gasteiger partial charge in [-0.15, -0.1) is 0 Å². The van der Waals surface area contributed by atoms with Crippen LogP contribution in [0.2, 0.25) is 0 Å². The van der Waals surface area contributed by atoms with E-state index in [0.29, 0.717) is 0 Å². The third-order valence-corrected chi connectivity index (χ3v) is 3.70. The predicted octanol–water partition coefficient (Wildman–Crippen LogP) is 4.29. The number of hydrogen-bond donors (Lipinski definition) is 0. The van der Waals surface area contributed by atoms with Crippen molar-refractivity contribution in [1.29, 1.82) is 0 Å². The lowest BCUT2D eigenvalue weighted by Crippen LogP contribution is -1.91. The summed E-state index contributed by atoms with van der Waals surface area (Å²) in [6.45, 7) is 0.